The minimum Gasteiger partial charge on any atom is -0.493 e. The van der Waals surface area contributed by atoms with Gasteiger partial charge in [0.15, 0.2) is 0 Å². The molecule has 0 aromatic heterocycles. The molecule has 0 aliphatic carbocycles. The third-order valence-corrected chi connectivity index (χ3v) is 2.86. The molecule has 0 radical (unpaired) electrons. The highest BCUT2D eigenvalue weighted by Crippen LogP contribution is 2.20. The quantitative estimate of drug-likeness (QED) is 0.732. The Morgan fingerprint density at radius 3 is 2.72 bits per heavy atom. The molecule has 0 unspecified atom stereocenters. The third kappa shape index (κ3) is 6.97. The average Bonchev–Trinajstić information content (AvgIpc) is 2.26. The summed E-state index contributed by atoms with van der Waals surface area (Å²) >= 11 is 3.24. The van der Waals surface area contributed by atoms with E-state index in [0.717, 1.165) is 25.9 Å². The van der Waals surface area contributed by atoms with Crippen molar-refractivity contribution in [1.29, 1.82) is 0 Å². The van der Waals surface area contributed by atoms with Gasteiger partial charge in [-0.05, 0) is 44.0 Å². The molecular weight excluding hydrogens is 297 g/mol. The molecule has 18 heavy (non-hydrogen) atoms. The van der Waals surface area contributed by atoms with Crippen molar-refractivity contribution in [2.45, 2.75) is 26.7 Å². The fraction of sp³-hybridized carbons (Fsp3) is 0.571. The Balaban J connectivity index is 2.10. The molecule has 4 heteroatoms. The molecule has 102 valence electrons. The highest BCUT2D eigenvalue weighted by Gasteiger charge is 2.00. The van der Waals surface area contributed by atoms with Crippen LogP contribution < -0.4 is 10.1 Å². The smallest absolute Gasteiger partial charge is 0.128 e. The Bertz CT molecular complexity index is 337. The SMILES string of the molecule is CC(C)CNCCCCOc1cc(F)cc(Br)c1. The molecule has 1 rings (SSSR count). The van der Waals surface area contributed by atoms with Crippen LogP contribution in [0.5, 0.6) is 5.75 Å². The van der Waals surface area contributed by atoms with Crippen molar-refractivity contribution in [3.05, 3.63) is 28.5 Å². The van der Waals surface area contributed by atoms with Gasteiger partial charge < -0.3 is 10.1 Å². The molecule has 0 fully saturated rings. The Hall–Kier alpha value is -0.610. The van der Waals surface area contributed by atoms with Crippen LogP contribution in [-0.4, -0.2) is 19.7 Å². The lowest BCUT2D eigenvalue weighted by atomic mass is 10.2. The summed E-state index contributed by atoms with van der Waals surface area (Å²) in [5.74, 6) is 0.987. The number of unbranched alkanes of at least 4 members (excludes halogenated alkanes) is 1. The van der Waals surface area contributed by atoms with Crippen molar-refractivity contribution < 1.29 is 9.13 Å². The van der Waals surface area contributed by atoms with Crippen molar-refractivity contribution >= 4 is 15.9 Å². The highest BCUT2D eigenvalue weighted by atomic mass is 79.9. The molecule has 1 aromatic carbocycles. The first-order chi connectivity index (χ1) is 8.58. The van der Waals surface area contributed by atoms with Gasteiger partial charge in [0.25, 0.3) is 0 Å². The van der Waals surface area contributed by atoms with Crippen LogP contribution in [0.2, 0.25) is 0 Å². The average molecular weight is 318 g/mol. The lowest BCUT2D eigenvalue weighted by molar-refractivity contribution is 0.303. The Morgan fingerprint density at radius 2 is 2.06 bits per heavy atom. The summed E-state index contributed by atoms with van der Waals surface area (Å²) in [4.78, 5) is 0. The van der Waals surface area contributed by atoms with Gasteiger partial charge in [0.05, 0.1) is 6.61 Å². The maximum Gasteiger partial charge on any atom is 0.128 e. The second kappa shape index (κ2) is 8.48. The second-order valence-electron chi connectivity index (χ2n) is 4.76. The van der Waals surface area contributed by atoms with Gasteiger partial charge in [0.1, 0.15) is 11.6 Å². The van der Waals surface area contributed by atoms with E-state index < -0.39 is 0 Å². The molecular formula is C14H21BrFNO. The maximum atomic E-state index is 13.1. The number of halogens is 2. The van der Waals surface area contributed by atoms with Gasteiger partial charge in [0.2, 0.25) is 0 Å². The molecule has 0 aliphatic heterocycles. The molecule has 0 spiro atoms. The van der Waals surface area contributed by atoms with Gasteiger partial charge in [-0.25, -0.2) is 4.39 Å². The monoisotopic (exact) mass is 317 g/mol. The van der Waals surface area contributed by atoms with E-state index in [1.165, 1.54) is 12.1 Å². The number of benzene rings is 1. The van der Waals surface area contributed by atoms with Crippen molar-refractivity contribution in [1.82, 2.24) is 5.32 Å². The summed E-state index contributed by atoms with van der Waals surface area (Å²) in [6.45, 7) is 7.07. The van der Waals surface area contributed by atoms with Crippen molar-refractivity contribution in [3.8, 4) is 5.75 Å². The lowest BCUT2D eigenvalue weighted by Gasteiger charge is -2.08. The van der Waals surface area contributed by atoms with E-state index in [2.05, 4.69) is 35.1 Å². The van der Waals surface area contributed by atoms with E-state index in [-0.39, 0.29) is 5.82 Å². The van der Waals surface area contributed by atoms with Gasteiger partial charge in [-0.1, -0.05) is 29.8 Å². The van der Waals surface area contributed by atoms with Crippen LogP contribution in [0.3, 0.4) is 0 Å². The van der Waals surface area contributed by atoms with Crippen molar-refractivity contribution in [2.24, 2.45) is 5.92 Å². The second-order valence-corrected chi connectivity index (χ2v) is 5.67. The van der Waals surface area contributed by atoms with E-state index >= 15 is 0 Å². The minimum atomic E-state index is -0.280. The molecule has 0 saturated carbocycles. The van der Waals surface area contributed by atoms with Gasteiger partial charge in [-0.3, -0.25) is 0 Å². The zero-order valence-electron chi connectivity index (χ0n) is 11.0. The van der Waals surface area contributed by atoms with Crippen LogP contribution in [0.1, 0.15) is 26.7 Å². The summed E-state index contributed by atoms with van der Waals surface area (Å²) in [7, 11) is 0. The van der Waals surface area contributed by atoms with E-state index in [9.17, 15) is 4.39 Å². The first kappa shape index (κ1) is 15.4. The number of rotatable bonds is 8. The molecule has 0 aliphatic rings. The summed E-state index contributed by atoms with van der Waals surface area (Å²) in [5.41, 5.74) is 0. The zero-order chi connectivity index (χ0) is 13.4. The van der Waals surface area contributed by atoms with Crippen molar-refractivity contribution in [3.63, 3.8) is 0 Å². The molecule has 0 saturated heterocycles. The van der Waals surface area contributed by atoms with E-state index in [4.69, 9.17) is 4.74 Å². The Morgan fingerprint density at radius 1 is 1.28 bits per heavy atom. The van der Waals surface area contributed by atoms with Crippen LogP contribution >= 0.6 is 15.9 Å². The van der Waals surface area contributed by atoms with E-state index in [0.29, 0.717) is 22.7 Å². The molecule has 0 heterocycles. The van der Waals surface area contributed by atoms with Gasteiger partial charge >= 0.3 is 0 Å². The number of hydrogen-bond acceptors (Lipinski definition) is 2. The van der Waals surface area contributed by atoms with Gasteiger partial charge in [-0.15, -0.1) is 0 Å². The van der Waals surface area contributed by atoms with Gasteiger partial charge in [0, 0.05) is 10.5 Å². The minimum absolute atomic E-state index is 0.280. The first-order valence-corrected chi connectivity index (χ1v) is 7.17. The third-order valence-electron chi connectivity index (χ3n) is 2.41. The number of nitrogens with one attached hydrogen (secondary N) is 1. The fourth-order valence-corrected chi connectivity index (χ4v) is 1.99. The molecule has 2 nitrogen and oxygen atoms in total. The van der Waals surface area contributed by atoms with Crippen LogP contribution in [0.25, 0.3) is 0 Å². The maximum absolute atomic E-state index is 13.1. The Labute approximate surface area is 117 Å². The summed E-state index contributed by atoms with van der Waals surface area (Å²) in [6, 6.07) is 4.60. The molecule has 0 amide bonds. The van der Waals surface area contributed by atoms with Crippen LogP contribution in [0.4, 0.5) is 4.39 Å². The zero-order valence-corrected chi connectivity index (χ0v) is 12.6. The number of hydrogen-bond donors (Lipinski definition) is 1. The highest BCUT2D eigenvalue weighted by molar-refractivity contribution is 9.10. The molecule has 1 aromatic rings. The van der Waals surface area contributed by atoms with Crippen LogP contribution in [0, 0.1) is 11.7 Å². The standard InChI is InChI=1S/C14H21BrFNO/c1-11(2)10-17-5-3-4-6-18-14-8-12(15)7-13(16)9-14/h7-9,11,17H,3-6,10H2,1-2H3. The predicted octanol–water partition coefficient (Wildman–Crippen LogP) is 3.99. The molecule has 1 N–H and O–H groups in total. The fourth-order valence-electron chi connectivity index (χ4n) is 1.54. The summed E-state index contributed by atoms with van der Waals surface area (Å²) in [5, 5.41) is 3.38. The van der Waals surface area contributed by atoms with Gasteiger partial charge in [-0.2, -0.15) is 0 Å². The normalized spacial score (nSPS) is 10.9. The van der Waals surface area contributed by atoms with Crippen LogP contribution in [0.15, 0.2) is 22.7 Å². The Kier molecular flexibility index (Phi) is 7.28. The summed E-state index contributed by atoms with van der Waals surface area (Å²) in [6.07, 6.45) is 2.04. The molecule has 0 atom stereocenters. The first-order valence-electron chi connectivity index (χ1n) is 6.37. The number of ether oxygens (including phenoxy) is 1. The van der Waals surface area contributed by atoms with Crippen LogP contribution in [-0.2, 0) is 0 Å². The topological polar surface area (TPSA) is 21.3 Å². The van der Waals surface area contributed by atoms with E-state index in [1.807, 2.05) is 0 Å². The largest absolute Gasteiger partial charge is 0.493 e. The molecule has 0 bridgehead atoms. The van der Waals surface area contributed by atoms with Crippen molar-refractivity contribution in [2.75, 3.05) is 19.7 Å². The van der Waals surface area contributed by atoms with E-state index in [1.54, 1.807) is 6.07 Å². The summed E-state index contributed by atoms with van der Waals surface area (Å²) < 4.78 is 19.3. The lowest BCUT2D eigenvalue weighted by Crippen LogP contribution is -2.21. The predicted molar refractivity (Wildman–Crippen MR) is 76.5 cm³/mol.